The Kier molecular flexibility index (Phi) is 10.9. The van der Waals surface area contributed by atoms with Gasteiger partial charge in [0.2, 0.25) is 23.5 Å². The summed E-state index contributed by atoms with van der Waals surface area (Å²) in [4.78, 5) is 88.5. The van der Waals surface area contributed by atoms with Crippen LogP contribution in [0.5, 0.6) is 0 Å². The van der Waals surface area contributed by atoms with Gasteiger partial charge in [0, 0.05) is 30.9 Å². The van der Waals surface area contributed by atoms with Crippen LogP contribution < -0.4 is 21.3 Å². The van der Waals surface area contributed by atoms with Gasteiger partial charge in [-0.15, -0.1) is 0 Å². The van der Waals surface area contributed by atoms with Crippen LogP contribution in [0.25, 0.3) is 0 Å². The minimum atomic E-state index is -1.20. The van der Waals surface area contributed by atoms with E-state index in [0.29, 0.717) is 6.42 Å². The normalized spacial score (nSPS) is 24.4. The largest absolute Gasteiger partial charge is 0.347 e. The van der Waals surface area contributed by atoms with Crippen molar-refractivity contribution in [2.24, 2.45) is 23.7 Å². The second-order valence-electron chi connectivity index (χ2n) is 13.0. The van der Waals surface area contributed by atoms with Crippen molar-refractivity contribution >= 4 is 35.3 Å². The molecule has 4 N–H and O–H groups in total. The summed E-state index contributed by atoms with van der Waals surface area (Å²) in [6.07, 6.45) is 5.23. The molecule has 1 saturated heterocycles. The molecule has 4 rings (SSSR count). The van der Waals surface area contributed by atoms with E-state index in [-0.39, 0.29) is 37.0 Å². The summed E-state index contributed by atoms with van der Waals surface area (Å²) in [6, 6.07) is -4.31. The number of nitrogens with one attached hydrogen (secondary N) is 4. The first-order valence-electron chi connectivity index (χ1n) is 15.8. The minimum Gasteiger partial charge on any atom is -0.347 e. The molecule has 1 aromatic rings. The first kappa shape index (κ1) is 33.9. The van der Waals surface area contributed by atoms with Crippen molar-refractivity contribution in [1.82, 2.24) is 36.1 Å². The Morgan fingerprint density at radius 1 is 0.911 bits per heavy atom. The van der Waals surface area contributed by atoms with Crippen molar-refractivity contribution in [3.05, 3.63) is 24.3 Å². The molecule has 45 heavy (non-hydrogen) atoms. The average molecular weight is 630 g/mol. The Hall–Kier alpha value is -3.97. The lowest BCUT2D eigenvalue weighted by molar-refractivity contribution is -0.145. The first-order valence-corrected chi connectivity index (χ1v) is 15.8. The van der Waals surface area contributed by atoms with Crippen LogP contribution in [0, 0.1) is 23.7 Å². The summed E-state index contributed by atoms with van der Waals surface area (Å²) in [6.45, 7) is 8.60. The number of carbonyl (C=O) groups excluding carboxylic acids is 6. The Labute approximate surface area is 262 Å². The lowest BCUT2D eigenvalue weighted by Gasteiger charge is -2.33. The van der Waals surface area contributed by atoms with E-state index >= 15 is 0 Å². The number of hydrogen-bond acceptors (Lipinski definition) is 8. The maximum absolute atomic E-state index is 15.0. The van der Waals surface area contributed by atoms with E-state index in [9.17, 15) is 33.2 Å². The molecule has 2 aliphatic carbocycles. The number of alkyl halides is 1. The predicted octanol–water partition coefficient (Wildman–Crippen LogP) is 0.689. The number of amides is 5. The van der Waals surface area contributed by atoms with Crippen molar-refractivity contribution in [1.29, 1.82) is 0 Å². The molecule has 3 aliphatic rings. The standard InChI is InChI=1S/C31H44FN7O6/c1-6-21(26(40)30(44)35-17-7-8-17)36-29(43)25-18-9-10-20(32)19(18)14-39(25)31(45)24(16(4)5)38-28(42)23(15(2)3)37-27(41)22-13-33-11-12-34-22/h11-13,15-21,23-25H,6-10,14H2,1-5H3,(H,35,44)(H,36,43)(H,37,41)(H,38,42)/t18-,19-,20+,21?,23-,24-,25-/m0/s1. The smallest absolute Gasteiger partial charge is 0.289 e. The Bertz CT molecular complexity index is 1290. The quantitative estimate of drug-likeness (QED) is 0.230. The maximum Gasteiger partial charge on any atom is 0.289 e. The van der Waals surface area contributed by atoms with Crippen molar-refractivity contribution in [2.75, 3.05) is 6.54 Å². The van der Waals surface area contributed by atoms with Gasteiger partial charge < -0.3 is 26.2 Å². The fourth-order valence-electron chi connectivity index (χ4n) is 6.18. The summed E-state index contributed by atoms with van der Waals surface area (Å²) in [5, 5.41) is 10.7. The third-order valence-electron chi connectivity index (χ3n) is 8.93. The van der Waals surface area contributed by atoms with E-state index in [4.69, 9.17) is 0 Å². The van der Waals surface area contributed by atoms with E-state index in [1.807, 2.05) is 0 Å². The average Bonchev–Trinajstić information content (AvgIpc) is 3.64. The summed E-state index contributed by atoms with van der Waals surface area (Å²) in [5.41, 5.74) is 0.0274. The van der Waals surface area contributed by atoms with Crippen LogP contribution in [0.15, 0.2) is 18.6 Å². The molecule has 1 aromatic heterocycles. The molecule has 2 heterocycles. The highest BCUT2D eigenvalue weighted by atomic mass is 19.1. The molecule has 14 heteroatoms. The third-order valence-corrected chi connectivity index (χ3v) is 8.93. The van der Waals surface area contributed by atoms with E-state index < -0.39 is 83.4 Å². The predicted molar refractivity (Wildman–Crippen MR) is 160 cm³/mol. The fraction of sp³-hybridized carbons (Fsp3) is 0.677. The van der Waals surface area contributed by atoms with Gasteiger partial charge in [0.05, 0.1) is 12.2 Å². The zero-order chi connectivity index (χ0) is 33.0. The number of nitrogens with zero attached hydrogens (tertiary/aromatic N) is 3. The number of ketones is 1. The molecule has 0 spiro atoms. The van der Waals surface area contributed by atoms with Crippen molar-refractivity contribution in [3.63, 3.8) is 0 Å². The molecule has 5 amide bonds. The number of hydrogen-bond donors (Lipinski definition) is 4. The zero-order valence-corrected chi connectivity index (χ0v) is 26.4. The molecule has 7 atom stereocenters. The molecule has 246 valence electrons. The Morgan fingerprint density at radius 3 is 2.18 bits per heavy atom. The second kappa shape index (κ2) is 14.4. The van der Waals surface area contributed by atoms with E-state index in [2.05, 4.69) is 31.2 Å². The van der Waals surface area contributed by atoms with Crippen LogP contribution in [-0.2, 0) is 24.0 Å². The summed E-state index contributed by atoms with van der Waals surface area (Å²) in [5.74, 6) is -5.76. The highest BCUT2D eigenvalue weighted by molar-refractivity contribution is 6.38. The van der Waals surface area contributed by atoms with Gasteiger partial charge in [0.15, 0.2) is 0 Å². The SMILES string of the molecule is CCC(NC(=O)[C@@H]1[C@H]2CC[C@@H](F)[C@H]2CN1C(=O)[C@@H](NC(=O)[C@@H](NC(=O)c1cnccn1)C(C)C)C(C)C)C(=O)C(=O)NC1CC1. The lowest BCUT2D eigenvalue weighted by Crippen LogP contribution is -2.60. The zero-order valence-electron chi connectivity index (χ0n) is 26.4. The van der Waals surface area contributed by atoms with Crippen LogP contribution in [0.3, 0.4) is 0 Å². The maximum atomic E-state index is 15.0. The van der Waals surface area contributed by atoms with Crippen LogP contribution in [-0.4, -0.2) is 93.1 Å². The number of Topliss-reactive ketones (excluding diaryl/α,β-unsaturated/α-hetero) is 1. The van der Waals surface area contributed by atoms with E-state index in [1.165, 1.54) is 23.5 Å². The van der Waals surface area contributed by atoms with Crippen molar-refractivity contribution in [3.8, 4) is 0 Å². The van der Waals surface area contributed by atoms with Gasteiger partial charge in [-0.3, -0.25) is 33.8 Å². The molecule has 13 nitrogen and oxygen atoms in total. The molecule has 0 aromatic carbocycles. The number of aromatic nitrogens is 2. The Morgan fingerprint density at radius 2 is 1.60 bits per heavy atom. The number of rotatable bonds is 13. The van der Waals surface area contributed by atoms with Crippen molar-refractivity contribution in [2.45, 2.75) is 103 Å². The van der Waals surface area contributed by atoms with Gasteiger partial charge in [-0.2, -0.15) is 0 Å². The molecule has 1 aliphatic heterocycles. The van der Waals surface area contributed by atoms with Gasteiger partial charge in [-0.25, -0.2) is 9.37 Å². The van der Waals surface area contributed by atoms with Crippen LogP contribution in [0.4, 0.5) is 4.39 Å². The highest BCUT2D eigenvalue weighted by Gasteiger charge is 2.55. The fourth-order valence-corrected chi connectivity index (χ4v) is 6.18. The monoisotopic (exact) mass is 629 g/mol. The molecular formula is C31H44FN7O6. The summed E-state index contributed by atoms with van der Waals surface area (Å²) >= 11 is 0. The summed E-state index contributed by atoms with van der Waals surface area (Å²) in [7, 11) is 0. The van der Waals surface area contributed by atoms with E-state index in [1.54, 1.807) is 34.6 Å². The molecule has 2 saturated carbocycles. The van der Waals surface area contributed by atoms with Gasteiger partial charge in [-0.1, -0.05) is 34.6 Å². The lowest BCUT2D eigenvalue weighted by atomic mass is 9.92. The molecule has 3 fully saturated rings. The van der Waals surface area contributed by atoms with Gasteiger partial charge in [-0.05, 0) is 49.9 Å². The molecule has 0 bridgehead atoms. The number of likely N-dealkylation sites (tertiary alicyclic amines) is 1. The van der Waals surface area contributed by atoms with Gasteiger partial charge in [0.25, 0.3) is 11.8 Å². The van der Waals surface area contributed by atoms with Crippen LogP contribution in [0.1, 0.15) is 77.2 Å². The Balaban J connectivity index is 1.51. The van der Waals surface area contributed by atoms with Crippen LogP contribution >= 0.6 is 0 Å². The van der Waals surface area contributed by atoms with Crippen molar-refractivity contribution < 1.29 is 33.2 Å². The van der Waals surface area contributed by atoms with Gasteiger partial charge in [0.1, 0.15) is 30.0 Å². The van der Waals surface area contributed by atoms with Gasteiger partial charge >= 0.3 is 0 Å². The minimum absolute atomic E-state index is 0.0221. The summed E-state index contributed by atoms with van der Waals surface area (Å²) < 4.78 is 15.0. The topological polar surface area (TPSA) is 180 Å². The molecule has 1 unspecified atom stereocenters. The number of fused-ring (bicyclic) bond motifs is 1. The number of carbonyl (C=O) groups is 6. The first-order chi connectivity index (χ1) is 21.3. The highest BCUT2D eigenvalue weighted by Crippen LogP contribution is 2.44. The van der Waals surface area contributed by atoms with E-state index in [0.717, 1.165) is 12.8 Å². The molecule has 0 radical (unpaired) electrons. The molecular weight excluding hydrogens is 585 g/mol. The second-order valence-corrected chi connectivity index (χ2v) is 13.0. The van der Waals surface area contributed by atoms with Crippen LogP contribution in [0.2, 0.25) is 0 Å². The third kappa shape index (κ3) is 7.82. The number of halogens is 1.